The van der Waals surface area contributed by atoms with Crippen molar-refractivity contribution in [1.29, 1.82) is 0 Å². The van der Waals surface area contributed by atoms with Gasteiger partial charge < -0.3 is 9.73 Å². The number of nitrogens with zero attached hydrogens (tertiary/aromatic N) is 5. The Labute approximate surface area is 146 Å². The summed E-state index contributed by atoms with van der Waals surface area (Å²) in [7, 11) is 0. The van der Waals surface area contributed by atoms with E-state index in [0.29, 0.717) is 16.8 Å². The fourth-order valence-electron chi connectivity index (χ4n) is 2.55. The number of nitrogens with one attached hydrogen (secondary N) is 1. The molecule has 1 aromatic carbocycles. The molecule has 0 spiro atoms. The van der Waals surface area contributed by atoms with E-state index in [-0.39, 0.29) is 19.0 Å². The van der Waals surface area contributed by atoms with Crippen molar-refractivity contribution < 1.29 is 9.21 Å². The molecule has 26 heavy (non-hydrogen) atoms. The SMILES string of the molecule is O=C(Cn1c(=O)oc2ccccc21)NCc1cn(-c2cccnc2)nn1. The van der Waals surface area contributed by atoms with Crippen LogP contribution in [0.1, 0.15) is 5.69 Å². The molecule has 0 radical (unpaired) electrons. The molecule has 1 N–H and O–H groups in total. The van der Waals surface area contributed by atoms with Crippen LogP contribution < -0.4 is 11.1 Å². The average Bonchev–Trinajstić information content (AvgIpc) is 3.26. The first-order valence-electron chi connectivity index (χ1n) is 7.87. The van der Waals surface area contributed by atoms with E-state index in [1.54, 1.807) is 53.6 Å². The Morgan fingerprint density at radius 3 is 2.92 bits per heavy atom. The van der Waals surface area contributed by atoms with E-state index >= 15 is 0 Å². The third kappa shape index (κ3) is 3.09. The number of carbonyl (C=O) groups is 1. The van der Waals surface area contributed by atoms with Crippen molar-refractivity contribution in [3.8, 4) is 5.69 Å². The highest BCUT2D eigenvalue weighted by molar-refractivity contribution is 5.79. The highest BCUT2D eigenvalue weighted by Crippen LogP contribution is 2.11. The maximum atomic E-state index is 12.2. The van der Waals surface area contributed by atoms with Gasteiger partial charge in [0.05, 0.1) is 30.1 Å². The summed E-state index contributed by atoms with van der Waals surface area (Å²) in [5.41, 5.74) is 2.39. The minimum Gasteiger partial charge on any atom is -0.408 e. The molecule has 0 aliphatic carbocycles. The quantitative estimate of drug-likeness (QED) is 0.573. The van der Waals surface area contributed by atoms with Gasteiger partial charge in [-0.1, -0.05) is 17.3 Å². The van der Waals surface area contributed by atoms with Crippen LogP contribution in [0.15, 0.2) is 64.2 Å². The van der Waals surface area contributed by atoms with Gasteiger partial charge in [0.1, 0.15) is 12.2 Å². The van der Waals surface area contributed by atoms with Gasteiger partial charge in [0.25, 0.3) is 0 Å². The van der Waals surface area contributed by atoms with Crippen LogP contribution in [-0.2, 0) is 17.9 Å². The molecule has 0 aliphatic heterocycles. The van der Waals surface area contributed by atoms with E-state index in [4.69, 9.17) is 4.42 Å². The Bertz CT molecular complexity index is 1110. The average molecular weight is 350 g/mol. The van der Waals surface area contributed by atoms with Crippen molar-refractivity contribution in [3.63, 3.8) is 0 Å². The molecule has 9 heteroatoms. The number of hydrogen-bond acceptors (Lipinski definition) is 6. The molecule has 0 saturated heterocycles. The number of amides is 1. The third-order valence-corrected chi connectivity index (χ3v) is 3.79. The number of aromatic nitrogens is 5. The second-order valence-electron chi connectivity index (χ2n) is 5.56. The fourth-order valence-corrected chi connectivity index (χ4v) is 2.55. The molecule has 1 amide bonds. The molecule has 3 heterocycles. The molecule has 0 unspecified atom stereocenters. The number of pyridine rings is 1. The zero-order valence-corrected chi connectivity index (χ0v) is 13.6. The summed E-state index contributed by atoms with van der Waals surface area (Å²) in [6, 6.07) is 10.6. The van der Waals surface area contributed by atoms with Gasteiger partial charge in [-0.3, -0.25) is 14.3 Å². The number of para-hydroxylation sites is 2. The van der Waals surface area contributed by atoms with Crippen LogP contribution in [0.5, 0.6) is 0 Å². The lowest BCUT2D eigenvalue weighted by Crippen LogP contribution is -2.30. The normalized spacial score (nSPS) is 10.9. The molecule has 9 nitrogen and oxygen atoms in total. The number of hydrogen-bond donors (Lipinski definition) is 1. The molecule has 3 aromatic heterocycles. The van der Waals surface area contributed by atoms with Crippen molar-refractivity contribution in [2.45, 2.75) is 13.1 Å². The monoisotopic (exact) mass is 350 g/mol. The van der Waals surface area contributed by atoms with E-state index in [1.807, 2.05) is 6.07 Å². The van der Waals surface area contributed by atoms with Crippen molar-refractivity contribution >= 4 is 17.0 Å². The molecular formula is C17H14N6O3. The zero-order chi connectivity index (χ0) is 17.9. The lowest BCUT2D eigenvalue weighted by molar-refractivity contribution is -0.121. The molecular weight excluding hydrogens is 336 g/mol. The summed E-state index contributed by atoms with van der Waals surface area (Å²) in [6.45, 7) is 0.0657. The molecule has 130 valence electrons. The Morgan fingerprint density at radius 2 is 2.08 bits per heavy atom. The Kier molecular flexibility index (Phi) is 4.02. The van der Waals surface area contributed by atoms with Crippen LogP contribution in [0, 0.1) is 0 Å². The topological polar surface area (TPSA) is 108 Å². The largest absolute Gasteiger partial charge is 0.420 e. The van der Waals surface area contributed by atoms with Crippen molar-refractivity contribution in [3.05, 3.63) is 71.2 Å². The molecule has 0 atom stereocenters. The summed E-state index contributed by atoms with van der Waals surface area (Å²) in [5.74, 6) is -0.890. The van der Waals surface area contributed by atoms with Crippen LogP contribution in [-0.4, -0.2) is 30.5 Å². The van der Waals surface area contributed by atoms with Crippen LogP contribution >= 0.6 is 0 Å². The summed E-state index contributed by atoms with van der Waals surface area (Å²) in [5, 5.41) is 10.7. The van der Waals surface area contributed by atoms with Gasteiger partial charge in [0.2, 0.25) is 5.91 Å². The van der Waals surface area contributed by atoms with E-state index in [2.05, 4.69) is 20.6 Å². The lowest BCUT2D eigenvalue weighted by Gasteiger charge is -2.03. The molecule has 0 aliphatic rings. The van der Waals surface area contributed by atoms with E-state index in [0.717, 1.165) is 5.69 Å². The zero-order valence-electron chi connectivity index (χ0n) is 13.6. The Morgan fingerprint density at radius 1 is 1.19 bits per heavy atom. The maximum Gasteiger partial charge on any atom is 0.420 e. The molecule has 0 bridgehead atoms. The maximum absolute atomic E-state index is 12.2. The molecule has 0 fully saturated rings. The van der Waals surface area contributed by atoms with Crippen LogP contribution in [0.2, 0.25) is 0 Å². The number of carbonyl (C=O) groups excluding carboxylic acids is 1. The first-order valence-corrected chi connectivity index (χ1v) is 7.87. The molecule has 4 rings (SSSR count). The fraction of sp³-hybridized carbons (Fsp3) is 0.118. The summed E-state index contributed by atoms with van der Waals surface area (Å²) >= 11 is 0. The lowest BCUT2D eigenvalue weighted by atomic mass is 10.3. The first-order chi connectivity index (χ1) is 12.7. The van der Waals surface area contributed by atoms with Gasteiger partial charge in [-0.25, -0.2) is 9.48 Å². The third-order valence-electron chi connectivity index (χ3n) is 3.79. The smallest absolute Gasteiger partial charge is 0.408 e. The molecule has 4 aromatic rings. The summed E-state index contributed by atoms with van der Waals surface area (Å²) < 4.78 is 7.97. The van der Waals surface area contributed by atoms with E-state index in [9.17, 15) is 9.59 Å². The summed E-state index contributed by atoms with van der Waals surface area (Å²) in [6.07, 6.45) is 5.03. The minimum absolute atomic E-state index is 0.132. The molecule has 0 saturated carbocycles. The van der Waals surface area contributed by atoms with E-state index in [1.165, 1.54) is 4.57 Å². The highest BCUT2D eigenvalue weighted by atomic mass is 16.4. The second kappa shape index (κ2) is 6.63. The minimum atomic E-state index is -0.566. The first kappa shape index (κ1) is 15.8. The second-order valence-corrected chi connectivity index (χ2v) is 5.56. The number of rotatable bonds is 5. The van der Waals surface area contributed by atoms with Crippen LogP contribution in [0.3, 0.4) is 0 Å². The van der Waals surface area contributed by atoms with Crippen LogP contribution in [0.4, 0.5) is 0 Å². The van der Waals surface area contributed by atoms with Gasteiger partial charge >= 0.3 is 5.76 Å². The number of oxazole rings is 1. The highest BCUT2D eigenvalue weighted by Gasteiger charge is 2.12. The summed E-state index contributed by atoms with van der Waals surface area (Å²) in [4.78, 5) is 28.1. The van der Waals surface area contributed by atoms with Gasteiger partial charge in [-0.05, 0) is 24.3 Å². The van der Waals surface area contributed by atoms with Crippen molar-refractivity contribution in [2.24, 2.45) is 0 Å². The Balaban J connectivity index is 1.42. The Hall–Kier alpha value is -3.75. The van der Waals surface area contributed by atoms with Gasteiger partial charge in [-0.15, -0.1) is 5.10 Å². The number of fused-ring (bicyclic) bond motifs is 1. The van der Waals surface area contributed by atoms with E-state index < -0.39 is 5.76 Å². The standard InChI is InChI=1S/C17H14N6O3/c24-16(11-22-14-5-1-2-6-15(14)26-17(22)25)19-8-12-10-23(21-20-12)13-4-3-7-18-9-13/h1-7,9-10H,8,11H2,(H,19,24). The van der Waals surface area contributed by atoms with Crippen molar-refractivity contribution in [2.75, 3.05) is 0 Å². The predicted octanol–water partition coefficient (Wildman–Crippen LogP) is 0.887. The predicted molar refractivity (Wildman–Crippen MR) is 91.5 cm³/mol. The van der Waals surface area contributed by atoms with Gasteiger partial charge in [0.15, 0.2) is 5.58 Å². The van der Waals surface area contributed by atoms with Crippen LogP contribution in [0.25, 0.3) is 16.8 Å². The number of benzene rings is 1. The van der Waals surface area contributed by atoms with Gasteiger partial charge in [0, 0.05) is 6.20 Å². The van der Waals surface area contributed by atoms with Crippen molar-refractivity contribution in [1.82, 2.24) is 29.9 Å². The van der Waals surface area contributed by atoms with Gasteiger partial charge in [-0.2, -0.15) is 0 Å².